The number of benzene rings is 2. The normalized spacial score (nSPS) is 10.3. The molecule has 3 nitrogen and oxygen atoms in total. The second-order valence-corrected chi connectivity index (χ2v) is 4.45. The molecule has 0 bridgehead atoms. The van der Waals surface area contributed by atoms with Crippen LogP contribution in [0.2, 0.25) is 5.02 Å². The summed E-state index contributed by atoms with van der Waals surface area (Å²) in [6.45, 7) is 0.349. The summed E-state index contributed by atoms with van der Waals surface area (Å²) in [6, 6.07) is 9.09. The first-order chi connectivity index (χ1) is 9.08. The summed E-state index contributed by atoms with van der Waals surface area (Å²) >= 11 is 5.91. The summed E-state index contributed by atoms with van der Waals surface area (Å²) in [4.78, 5) is 0. The molecule has 5 heteroatoms. The summed E-state index contributed by atoms with van der Waals surface area (Å²) < 4.78 is 18.3. The predicted octanol–water partition coefficient (Wildman–Crippen LogP) is 3.81. The van der Waals surface area contributed by atoms with Gasteiger partial charge in [0.25, 0.3) is 0 Å². The molecular formula is C14H13ClFNO2. The van der Waals surface area contributed by atoms with Gasteiger partial charge in [0.2, 0.25) is 0 Å². The fourth-order valence-corrected chi connectivity index (χ4v) is 1.92. The van der Waals surface area contributed by atoms with Gasteiger partial charge in [0.05, 0.1) is 12.8 Å². The van der Waals surface area contributed by atoms with Gasteiger partial charge in [0, 0.05) is 17.6 Å². The smallest absolute Gasteiger partial charge is 0.142 e. The lowest BCUT2D eigenvalue weighted by molar-refractivity contribution is 0.416. The molecule has 0 aliphatic rings. The third kappa shape index (κ3) is 3.51. The molecule has 2 rings (SSSR count). The Morgan fingerprint density at radius 2 is 2.05 bits per heavy atom. The van der Waals surface area contributed by atoms with E-state index in [-0.39, 0.29) is 5.75 Å². The maximum atomic E-state index is 13.1. The quantitative estimate of drug-likeness (QED) is 0.895. The Hall–Kier alpha value is -1.94. The molecule has 0 unspecified atom stereocenters. The maximum Gasteiger partial charge on any atom is 0.142 e. The Bertz CT molecular complexity index is 569. The topological polar surface area (TPSA) is 41.5 Å². The number of anilines is 1. The number of aromatic hydroxyl groups is 1. The maximum absolute atomic E-state index is 13.1. The monoisotopic (exact) mass is 281 g/mol. The molecular weight excluding hydrogens is 269 g/mol. The summed E-state index contributed by atoms with van der Waals surface area (Å²) in [5.74, 6) is 0.0646. The lowest BCUT2D eigenvalue weighted by Gasteiger charge is -2.11. The number of phenols is 1. The molecule has 0 aliphatic heterocycles. The minimum absolute atomic E-state index is 0.102. The van der Waals surface area contributed by atoms with Crippen LogP contribution in [0.15, 0.2) is 36.4 Å². The van der Waals surface area contributed by atoms with Crippen LogP contribution in [0.1, 0.15) is 5.56 Å². The molecule has 0 spiro atoms. The molecule has 2 aromatic rings. The molecule has 0 heterocycles. The summed E-state index contributed by atoms with van der Waals surface area (Å²) in [6.07, 6.45) is 0. The van der Waals surface area contributed by atoms with E-state index >= 15 is 0 Å². The highest BCUT2D eigenvalue weighted by molar-refractivity contribution is 6.30. The van der Waals surface area contributed by atoms with E-state index in [1.54, 1.807) is 25.3 Å². The zero-order valence-corrected chi connectivity index (χ0v) is 11.0. The lowest BCUT2D eigenvalue weighted by atomic mass is 10.2. The van der Waals surface area contributed by atoms with Crippen molar-refractivity contribution in [3.8, 4) is 11.5 Å². The highest BCUT2D eigenvalue weighted by Gasteiger charge is 2.05. The second kappa shape index (κ2) is 5.80. The Kier molecular flexibility index (Phi) is 4.12. The van der Waals surface area contributed by atoms with Gasteiger partial charge in [-0.1, -0.05) is 11.6 Å². The van der Waals surface area contributed by atoms with Gasteiger partial charge >= 0.3 is 0 Å². The Morgan fingerprint density at radius 3 is 2.74 bits per heavy atom. The van der Waals surface area contributed by atoms with Crippen molar-refractivity contribution < 1.29 is 14.2 Å². The van der Waals surface area contributed by atoms with Crippen molar-refractivity contribution >= 4 is 17.3 Å². The van der Waals surface area contributed by atoms with Crippen LogP contribution in [0.3, 0.4) is 0 Å². The van der Waals surface area contributed by atoms with Gasteiger partial charge in [-0.2, -0.15) is 0 Å². The average Bonchev–Trinajstić information content (AvgIpc) is 2.35. The molecule has 0 amide bonds. The highest BCUT2D eigenvalue weighted by Crippen LogP contribution is 2.28. The molecule has 0 aliphatic carbocycles. The first-order valence-electron chi connectivity index (χ1n) is 5.64. The minimum atomic E-state index is -0.477. The molecule has 2 N–H and O–H groups in total. The fraction of sp³-hybridized carbons (Fsp3) is 0.143. The van der Waals surface area contributed by atoms with Crippen molar-refractivity contribution in [2.24, 2.45) is 0 Å². The van der Waals surface area contributed by atoms with Crippen LogP contribution in [0, 0.1) is 5.82 Å². The number of hydrogen-bond acceptors (Lipinski definition) is 3. The number of phenolic OH excluding ortho intramolecular Hbond substituents is 1. The Balaban J connectivity index is 2.16. The van der Waals surface area contributed by atoms with E-state index in [1.807, 2.05) is 0 Å². The van der Waals surface area contributed by atoms with Crippen LogP contribution in [0.4, 0.5) is 10.1 Å². The van der Waals surface area contributed by atoms with Crippen LogP contribution >= 0.6 is 11.6 Å². The molecule has 0 saturated carbocycles. The van der Waals surface area contributed by atoms with Gasteiger partial charge in [-0.25, -0.2) is 4.39 Å². The van der Waals surface area contributed by atoms with Crippen LogP contribution in [0.5, 0.6) is 11.5 Å². The third-order valence-corrected chi connectivity index (χ3v) is 2.82. The zero-order valence-electron chi connectivity index (χ0n) is 10.3. The largest absolute Gasteiger partial charge is 0.508 e. The highest BCUT2D eigenvalue weighted by atomic mass is 35.5. The molecule has 0 saturated heterocycles. The average molecular weight is 282 g/mol. The minimum Gasteiger partial charge on any atom is -0.508 e. The van der Waals surface area contributed by atoms with Gasteiger partial charge in [0.1, 0.15) is 17.3 Å². The lowest BCUT2D eigenvalue weighted by Crippen LogP contribution is -2.01. The molecule has 0 fully saturated rings. The number of nitrogens with one attached hydrogen (secondary N) is 1. The van der Waals surface area contributed by atoms with E-state index in [0.29, 0.717) is 28.6 Å². The standard InChI is InChI=1S/C14H13ClFNO2/c1-19-14-3-2-10(15)6-13(14)17-8-9-4-11(16)7-12(18)5-9/h2-7,17-18H,8H2,1H3. The van der Waals surface area contributed by atoms with Crippen LogP contribution in [0.25, 0.3) is 0 Å². The van der Waals surface area contributed by atoms with Crippen molar-refractivity contribution in [1.82, 2.24) is 0 Å². The molecule has 100 valence electrons. The number of methoxy groups -OCH3 is 1. The van der Waals surface area contributed by atoms with Gasteiger partial charge in [-0.05, 0) is 35.9 Å². The van der Waals surface area contributed by atoms with Crippen molar-refractivity contribution in [3.63, 3.8) is 0 Å². The SMILES string of the molecule is COc1ccc(Cl)cc1NCc1cc(O)cc(F)c1. The van der Waals surface area contributed by atoms with E-state index in [4.69, 9.17) is 16.3 Å². The van der Waals surface area contributed by atoms with E-state index in [2.05, 4.69) is 5.32 Å². The third-order valence-electron chi connectivity index (χ3n) is 2.59. The molecule has 19 heavy (non-hydrogen) atoms. The van der Waals surface area contributed by atoms with E-state index in [0.717, 1.165) is 6.07 Å². The van der Waals surface area contributed by atoms with Gasteiger partial charge in [-0.3, -0.25) is 0 Å². The number of halogens is 2. The van der Waals surface area contributed by atoms with Crippen LogP contribution in [-0.2, 0) is 6.54 Å². The summed E-state index contributed by atoms with van der Waals surface area (Å²) in [5.41, 5.74) is 1.33. The first-order valence-corrected chi connectivity index (χ1v) is 6.02. The van der Waals surface area contributed by atoms with Gasteiger partial charge in [0.15, 0.2) is 0 Å². The van der Waals surface area contributed by atoms with E-state index in [9.17, 15) is 9.50 Å². The Morgan fingerprint density at radius 1 is 1.26 bits per heavy atom. The van der Waals surface area contributed by atoms with Crippen molar-refractivity contribution in [2.45, 2.75) is 6.54 Å². The van der Waals surface area contributed by atoms with E-state index in [1.165, 1.54) is 12.1 Å². The predicted molar refractivity (Wildman–Crippen MR) is 73.4 cm³/mol. The van der Waals surface area contributed by atoms with Crippen molar-refractivity contribution in [2.75, 3.05) is 12.4 Å². The van der Waals surface area contributed by atoms with E-state index < -0.39 is 5.82 Å². The Labute approximate surface area is 115 Å². The van der Waals surface area contributed by atoms with Gasteiger partial charge in [-0.15, -0.1) is 0 Å². The number of hydrogen-bond donors (Lipinski definition) is 2. The van der Waals surface area contributed by atoms with Crippen molar-refractivity contribution in [1.29, 1.82) is 0 Å². The van der Waals surface area contributed by atoms with Gasteiger partial charge < -0.3 is 15.2 Å². The van der Waals surface area contributed by atoms with Crippen LogP contribution in [-0.4, -0.2) is 12.2 Å². The number of rotatable bonds is 4. The molecule has 0 atom stereocenters. The number of ether oxygens (including phenoxy) is 1. The molecule has 2 aromatic carbocycles. The summed E-state index contributed by atoms with van der Waals surface area (Å²) in [7, 11) is 1.56. The van der Waals surface area contributed by atoms with Crippen LogP contribution < -0.4 is 10.1 Å². The summed E-state index contributed by atoms with van der Waals surface area (Å²) in [5, 5.41) is 13.0. The second-order valence-electron chi connectivity index (χ2n) is 4.02. The zero-order chi connectivity index (χ0) is 13.8. The molecule has 0 aromatic heterocycles. The first kappa shape index (κ1) is 13.5. The fourth-order valence-electron chi connectivity index (χ4n) is 1.75. The van der Waals surface area contributed by atoms with Crippen molar-refractivity contribution in [3.05, 3.63) is 52.8 Å². The molecule has 0 radical (unpaired) electrons.